The number of Topliss-reactive ketones (excluding diaryl/α,β-unsaturated/α-hetero) is 1. The number of ketones is 1. The number of hydrogen-bond donors (Lipinski definition) is 0. The predicted molar refractivity (Wildman–Crippen MR) is 145 cm³/mol. The minimum absolute atomic E-state index is 0.194. The van der Waals surface area contributed by atoms with Crippen molar-refractivity contribution in [2.24, 2.45) is 11.3 Å². The highest BCUT2D eigenvalue weighted by atomic mass is 19.1. The molecule has 0 radical (unpaired) electrons. The third kappa shape index (κ3) is 3.62. The van der Waals surface area contributed by atoms with Crippen LogP contribution >= 0.6 is 0 Å². The van der Waals surface area contributed by atoms with E-state index in [9.17, 15) is 4.79 Å². The van der Waals surface area contributed by atoms with Crippen LogP contribution in [0.4, 0.5) is 4.39 Å². The molecule has 0 amide bonds. The fourth-order valence-electron chi connectivity index (χ4n) is 7.25. The molecule has 2 aromatic carbocycles. The molecule has 0 saturated heterocycles. The number of rotatable bonds is 4. The van der Waals surface area contributed by atoms with Gasteiger partial charge < -0.3 is 0 Å². The molecule has 2 heterocycles. The molecule has 2 aliphatic rings. The lowest BCUT2D eigenvalue weighted by Crippen LogP contribution is -2.54. The van der Waals surface area contributed by atoms with Gasteiger partial charge in [-0.05, 0) is 55.9 Å². The van der Waals surface area contributed by atoms with Gasteiger partial charge in [0.1, 0.15) is 11.6 Å². The zero-order valence-corrected chi connectivity index (χ0v) is 21.7. The molecule has 0 spiro atoms. The number of carbonyl (C=O) groups is 1. The Bertz CT molecular complexity index is 1530. The average molecular weight is 494 g/mol. The Morgan fingerprint density at radius 3 is 2.57 bits per heavy atom. The van der Waals surface area contributed by atoms with Gasteiger partial charge in [0.15, 0.2) is 5.82 Å². The van der Waals surface area contributed by atoms with Gasteiger partial charge in [0.05, 0.1) is 16.9 Å². The Morgan fingerprint density at radius 2 is 1.76 bits per heavy atom. The van der Waals surface area contributed by atoms with E-state index in [1.807, 2.05) is 42.5 Å². The molecule has 2 aliphatic carbocycles. The highest BCUT2D eigenvalue weighted by Crippen LogP contribution is 2.58. The maximum Gasteiger partial charge on any atom is 0.160 e. The first-order chi connectivity index (χ1) is 17.9. The van der Waals surface area contributed by atoms with E-state index in [0.717, 1.165) is 59.8 Å². The van der Waals surface area contributed by atoms with Crippen LogP contribution in [-0.2, 0) is 16.6 Å². The molecule has 6 rings (SSSR count). The van der Waals surface area contributed by atoms with Gasteiger partial charge in [0.25, 0.3) is 0 Å². The number of para-hydroxylation sites is 1. The lowest BCUT2D eigenvalue weighted by Gasteiger charge is -2.54. The van der Waals surface area contributed by atoms with Crippen molar-refractivity contribution in [2.75, 3.05) is 0 Å². The molecule has 4 nitrogen and oxygen atoms in total. The van der Waals surface area contributed by atoms with E-state index < -0.39 is 0 Å². The van der Waals surface area contributed by atoms with E-state index >= 15 is 4.39 Å². The molecular formula is C32H32FN3O. The minimum atomic E-state index is -0.369. The molecule has 2 aromatic heterocycles. The normalized spacial score (nSPS) is 25.1. The van der Waals surface area contributed by atoms with Gasteiger partial charge in [0, 0.05) is 45.5 Å². The van der Waals surface area contributed by atoms with E-state index in [4.69, 9.17) is 9.97 Å². The number of nitrogens with zero attached hydrogens (tertiary/aromatic N) is 3. The molecule has 37 heavy (non-hydrogen) atoms. The third-order valence-corrected chi connectivity index (χ3v) is 9.07. The van der Waals surface area contributed by atoms with Gasteiger partial charge in [-0.2, -0.15) is 0 Å². The smallest absolute Gasteiger partial charge is 0.160 e. The van der Waals surface area contributed by atoms with E-state index in [1.165, 1.54) is 6.07 Å². The quantitative estimate of drug-likeness (QED) is 0.296. The van der Waals surface area contributed by atoms with Crippen molar-refractivity contribution in [2.45, 2.75) is 64.7 Å². The van der Waals surface area contributed by atoms with Crippen LogP contribution < -0.4 is 0 Å². The molecule has 5 heteroatoms. The van der Waals surface area contributed by atoms with Crippen molar-refractivity contribution in [3.8, 4) is 22.6 Å². The van der Waals surface area contributed by atoms with Crippen molar-refractivity contribution in [1.82, 2.24) is 15.0 Å². The Balaban J connectivity index is 1.64. The summed E-state index contributed by atoms with van der Waals surface area (Å²) in [5.41, 5.74) is 4.30. The van der Waals surface area contributed by atoms with Gasteiger partial charge >= 0.3 is 0 Å². The van der Waals surface area contributed by atoms with Crippen molar-refractivity contribution >= 4 is 16.7 Å². The fourth-order valence-corrected chi connectivity index (χ4v) is 7.25. The first-order valence-corrected chi connectivity index (χ1v) is 13.4. The topological polar surface area (TPSA) is 55.7 Å². The van der Waals surface area contributed by atoms with E-state index in [1.54, 1.807) is 12.3 Å². The third-order valence-electron chi connectivity index (χ3n) is 9.07. The van der Waals surface area contributed by atoms with E-state index in [-0.39, 0.29) is 22.6 Å². The zero-order chi connectivity index (χ0) is 25.8. The lowest BCUT2D eigenvalue weighted by atomic mass is 9.49. The highest BCUT2D eigenvalue weighted by Gasteiger charge is 2.56. The summed E-state index contributed by atoms with van der Waals surface area (Å²) >= 11 is 0. The maximum absolute atomic E-state index is 15.2. The summed E-state index contributed by atoms with van der Waals surface area (Å²) in [5, 5.41) is 0.969. The van der Waals surface area contributed by atoms with Crippen LogP contribution in [0.25, 0.3) is 33.5 Å². The Hall–Kier alpha value is -3.47. The number of carbonyl (C=O) groups excluding carboxylic acids is 1. The predicted octanol–water partition coefficient (Wildman–Crippen LogP) is 7.49. The van der Waals surface area contributed by atoms with Gasteiger partial charge in [-0.3, -0.25) is 9.78 Å². The molecule has 0 N–H and O–H groups in total. The van der Waals surface area contributed by atoms with Crippen LogP contribution in [0.15, 0.2) is 60.8 Å². The Kier molecular flexibility index (Phi) is 5.70. The van der Waals surface area contributed by atoms with Crippen LogP contribution in [0.1, 0.15) is 64.1 Å². The first kappa shape index (κ1) is 23.9. The first-order valence-electron chi connectivity index (χ1n) is 13.4. The van der Waals surface area contributed by atoms with Crippen molar-refractivity contribution in [3.63, 3.8) is 0 Å². The monoisotopic (exact) mass is 493 g/mol. The number of benzene rings is 2. The number of pyridine rings is 1. The summed E-state index contributed by atoms with van der Waals surface area (Å²) in [6.07, 6.45) is 6.57. The molecule has 4 aromatic rings. The molecule has 1 saturated carbocycles. The Morgan fingerprint density at radius 1 is 0.973 bits per heavy atom. The summed E-state index contributed by atoms with van der Waals surface area (Å²) in [5.74, 6) is 0.880. The van der Waals surface area contributed by atoms with Crippen molar-refractivity contribution < 1.29 is 9.18 Å². The maximum atomic E-state index is 15.2. The van der Waals surface area contributed by atoms with Crippen molar-refractivity contribution in [3.05, 3.63) is 77.9 Å². The average Bonchev–Trinajstić information content (AvgIpc) is 2.91. The summed E-state index contributed by atoms with van der Waals surface area (Å²) < 4.78 is 15.2. The second kappa shape index (κ2) is 8.83. The van der Waals surface area contributed by atoms with E-state index in [0.29, 0.717) is 29.3 Å². The molecule has 3 atom stereocenters. The van der Waals surface area contributed by atoms with Crippen molar-refractivity contribution in [1.29, 1.82) is 0 Å². The number of hydrogen-bond acceptors (Lipinski definition) is 4. The van der Waals surface area contributed by atoms with Crippen LogP contribution in [-0.4, -0.2) is 20.7 Å². The number of fused-ring (bicyclic) bond motifs is 4. The molecule has 1 fully saturated rings. The summed E-state index contributed by atoms with van der Waals surface area (Å²) in [6, 6.07) is 16.8. The van der Waals surface area contributed by atoms with E-state index in [2.05, 4.69) is 25.8 Å². The van der Waals surface area contributed by atoms with Gasteiger partial charge in [-0.15, -0.1) is 0 Å². The van der Waals surface area contributed by atoms with Gasteiger partial charge in [0.2, 0.25) is 0 Å². The second-order valence-corrected chi connectivity index (χ2v) is 11.2. The molecule has 0 bridgehead atoms. The van der Waals surface area contributed by atoms with Crippen LogP contribution in [0, 0.1) is 17.2 Å². The lowest BCUT2D eigenvalue weighted by molar-refractivity contribution is -0.139. The highest BCUT2D eigenvalue weighted by molar-refractivity contribution is 5.93. The number of aromatic nitrogens is 3. The van der Waals surface area contributed by atoms with Crippen LogP contribution in [0.2, 0.25) is 0 Å². The summed E-state index contributed by atoms with van der Waals surface area (Å²) in [7, 11) is 0. The Labute approximate surface area is 217 Å². The summed E-state index contributed by atoms with van der Waals surface area (Å²) in [4.78, 5) is 28.1. The van der Waals surface area contributed by atoms with Gasteiger partial charge in [-0.1, -0.05) is 57.5 Å². The largest absolute Gasteiger partial charge is 0.299 e. The molecule has 188 valence electrons. The SMILES string of the molecule is CCC[C@@]1(C)C(=O)CC[C@@]2(C)c3nc(-c4ccnc5ccccc45)nc(-c4ccccc4F)c3CC[C@H]12. The minimum Gasteiger partial charge on any atom is -0.299 e. The van der Waals surface area contributed by atoms with Gasteiger partial charge in [-0.25, -0.2) is 14.4 Å². The standard InChI is InChI=1S/C32H32FN3O/c1-4-17-31(2)26-14-13-23-28(22-10-5-7-11-24(22)33)35-30(36-29(23)32(26,3)18-15-27(31)37)21-16-19-34-25-12-8-6-9-20(21)25/h5-12,16,19,26H,4,13-15,17-18H2,1-3H3/t26-,31-,32-/m1/s1. The molecule has 0 aliphatic heterocycles. The summed E-state index contributed by atoms with van der Waals surface area (Å²) in [6.45, 7) is 6.61. The number of halogens is 1. The van der Waals surface area contributed by atoms with Crippen LogP contribution in [0.5, 0.6) is 0 Å². The van der Waals surface area contributed by atoms with Crippen LogP contribution in [0.3, 0.4) is 0 Å². The molecular weight excluding hydrogens is 461 g/mol. The fraction of sp³-hybridized carbons (Fsp3) is 0.375. The second-order valence-electron chi connectivity index (χ2n) is 11.2. The zero-order valence-electron chi connectivity index (χ0n) is 21.7. The molecule has 0 unspecified atom stereocenters.